The largest absolute Gasteiger partial charge is 0.357 e. The first-order chi connectivity index (χ1) is 12.1. The Labute approximate surface area is 155 Å². The van der Waals surface area contributed by atoms with Crippen molar-refractivity contribution in [3.8, 4) is 0 Å². The van der Waals surface area contributed by atoms with E-state index in [1.54, 1.807) is 11.3 Å². The van der Waals surface area contributed by atoms with Crippen molar-refractivity contribution >= 4 is 23.2 Å². The third-order valence-corrected chi connectivity index (χ3v) is 5.40. The standard InChI is InChI=1S/C19H32N4OS/c1-4-20-19(21-10-6-5-7-15(2)3)22-13-18(24)23-11-8-17-16(14-23)9-12-25-17/h9,12,15H,4-8,10-11,13-14H2,1-3H3,(H2,20,21,22). The maximum atomic E-state index is 12.5. The number of guanidine groups is 1. The Morgan fingerprint density at radius 3 is 2.96 bits per heavy atom. The second-order valence-corrected chi connectivity index (χ2v) is 7.95. The van der Waals surface area contributed by atoms with Crippen molar-refractivity contribution in [2.45, 2.75) is 53.0 Å². The number of aliphatic imine (C=N–C) groups is 1. The summed E-state index contributed by atoms with van der Waals surface area (Å²) in [7, 11) is 0. The summed E-state index contributed by atoms with van der Waals surface area (Å²) in [6.07, 6.45) is 4.58. The van der Waals surface area contributed by atoms with Gasteiger partial charge < -0.3 is 15.5 Å². The van der Waals surface area contributed by atoms with Crippen LogP contribution >= 0.6 is 11.3 Å². The minimum Gasteiger partial charge on any atom is -0.357 e. The van der Waals surface area contributed by atoms with E-state index in [-0.39, 0.29) is 12.5 Å². The molecule has 0 radical (unpaired) electrons. The molecule has 6 heteroatoms. The predicted octanol–water partition coefficient (Wildman–Crippen LogP) is 3.01. The third kappa shape index (κ3) is 6.69. The lowest BCUT2D eigenvalue weighted by molar-refractivity contribution is -0.130. The molecular weight excluding hydrogens is 332 g/mol. The molecule has 0 atom stereocenters. The van der Waals surface area contributed by atoms with Crippen LogP contribution in [0.25, 0.3) is 0 Å². The van der Waals surface area contributed by atoms with Gasteiger partial charge in [-0.3, -0.25) is 4.79 Å². The molecule has 0 unspecified atom stereocenters. The van der Waals surface area contributed by atoms with Gasteiger partial charge in [0, 0.05) is 31.1 Å². The Morgan fingerprint density at radius 2 is 2.20 bits per heavy atom. The van der Waals surface area contributed by atoms with Gasteiger partial charge in [-0.05, 0) is 42.7 Å². The molecule has 1 amide bonds. The first-order valence-corrected chi connectivity index (χ1v) is 10.3. The minimum absolute atomic E-state index is 0.105. The molecule has 1 aromatic rings. The second kappa shape index (κ2) is 10.4. The number of hydrogen-bond acceptors (Lipinski definition) is 3. The average molecular weight is 365 g/mol. The smallest absolute Gasteiger partial charge is 0.244 e. The Bertz CT molecular complexity index is 568. The van der Waals surface area contributed by atoms with Gasteiger partial charge in [0.2, 0.25) is 5.91 Å². The molecule has 0 bridgehead atoms. The monoisotopic (exact) mass is 364 g/mol. The molecule has 2 rings (SSSR count). The van der Waals surface area contributed by atoms with Crippen molar-refractivity contribution in [3.63, 3.8) is 0 Å². The molecule has 140 valence electrons. The number of nitrogens with zero attached hydrogens (tertiary/aromatic N) is 2. The molecule has 2 N–H and O–H groups in total. The molecule has 0 aromatic carbocycles. The van der Waals surface area contributed by atoms with Gasteiger partial charge in [-0.1, -0.05) is 26.7 Å². The molecule has 0 spiro atoms. The van der Waals surface area contributed by atoms with E-state index in [0.717, 1.165) is 50.9 Å². The van der Waals surface area contributed by atoms with Crippen LogP contribution < -0.4 is 10.6 Å². The molecule has 5 nitrogen and oxygen atoms in total. The number of rotatable bonds is 8. The summed E-state index contributed by atoms with van der Waals surface area (Å²) in [4.78, 5) is 20.3. The summed E-state index contributed by atoms with van der Waals surface area (Å²) < 4.78 is 0. The number of amides is 1. The minimum atomic E-state index is 0.105. The first kappa shape index (κ1) is 19.8. The van der Waals surface area contributed by atoms with Gasteiger partial charge in [0.25, 0.3) is 0 Å². The van der Waals surface area contributed by atoms with Gasteiger partial charge in [-0.2, -0.15) is 0 Å². The fourth-order valence-electron chi connectivity index (χ4n) is 2.93. The van der Waals surface area contributed by atoms with Gasteiger partial charge >= 0.3 is 0 Å². The second-order valence-electron chi connectivity index (χ2n) is 6.95. The van der Waals surface area contributed by atoms with Gasteiger partial charge in [0.05, 0.1) is 0 Å². The van der Waals surface area contributed by atoms with Crippen LogP contribution in [0.5, 0.6) is 0 Å². The average Bonchev–Trinajstić information content (AvgIpc) is 3.06. The number of carbonyl (C=O) groups excluding carboxylic acids is 1. The van der Waals surface area contributed by atoms with E-state index in [4.69, 9.17) is 0 Å². The highest BCUT2D eigenvalue weighted by atomic mass is 32.1. The number of thiophene rings is 1. The fraction of sp³-hybridized carbons (Fsp3) is 0.684. The summed E-state index contributed by atoms with van der Waals surface area (Å²) in [6.45, 7) is 9.99. The summed E-state index contributed by atoms with van der Waals surface area (Å²) in [5, 5.41) is 8.67. The van der Waals surface area contributed by atoms with Crippen molar-refractivity contribution in [1.82, 2.24) is 15.5 Å². The highest BCUT2D eigenvalue weighted by Gasteiger charge is 2.21. The van der Waals surface area contributed by atoms with E-state index in [1.807, 2.05) is 11.8 Å². The van der Waals surface area contributed by atoms with Gasteiger partial charge in [0.1, 0.15) is 6.54 Å². The van der Waals surface area contributed by atoms with E-state index in [0.29, 0.717) is 0 Å². The van der Waals surface area contributed by atoms with Crippen LogP contribution in [-0.2, 0) is 17.8 Å². The zero-order valence-corrected chi connectivity index (χ0v) is 16.6. The molecule has 0 saturated carbocycles. The lowest BCUT2D eigenvalue weighted by Gasteiger charge is -2.26. The number of nitrogens with one attached hydrogen (secondary N) is 2. The molecule has 1 aliphatic heterocycles. The maximum Gasteiger partial charge on any atom is 0.244 e. The normalized spacial score (nSPS) is 14.6. The highest BCUT2D eigenvalue weighted by Crippen LogP contribution is 2.23. The van der Waals surface area contributed by atoms with Crippen LogP contribution in [0, 0.1) is 5.92 Å². The van der Waals surface area contributed by atoms with Gasteiger partial charge in [-0.15, -0.1) is 11.3 Å². The Morgan fingerprint density at radius 1 is 1.36 bits per heavy atom. The van der Waals surface area contributed by atoms with E-state index in [9.17, 15) is 4.79 Å². The first-order valence-electron chi connectivity index (χ1n) is 9.45. The van der Waals surface area contributed by atoms with Crippen molar-refractivity contribution in [2.75, 3.05) is 26.2 Å². The van der Waals surface area contributed by atoms with E-state index in [1.165, 1.54) is 23.3 Å². The predicted molar refractivity (Wildman–Crippen MR) is 106 cm³/mol. The summed E-state index contributed by atoms with van der Waals surface area (Å²) >= 11 is 1.79. The summed E-state index contributed by atoms with van der Waals surface area (Å²) in [5.41, 5.74) is 1.30. The van der Waals surface area contributed by atoms with E-state index in [2.05, 4.69) is 40.9 Å². The van der Waals surface area contributed by atoms with Crippen molar-refractivity contribution < 1.29 is 4.79 Å². The molecule has 0 saturated heterocycles. The molecule has 1 aromatic heterocycles. The molecule has 25 heavy (non-hydrogen) atoms. The Balaban J connectivity index is 1.76. The number of hydrogen-bond donors (Lipinski definition) is 2. The molecule has 0 fully saturated rings. The Hall–Kier alpha value is -1.56. The summed E-state index contributed by atoms with van der Waals surface area (Å²) in [5.74, 6) is 1.61. The molecule has 0 aliphatic carbocycles. The van der Waals surface area contributed by atoms with Crippen LogP contribution in [0.2, 0.25) is 0 Å². The lowest BCUT2D eigenvalue weighted by Crippen LogP contribution is -2.40. The third-order valence-electron chi connectivity index (χ3n) is 4.38. The number of carbonyl (C=O) groups is 1. The van der Waals surface area contributed by atoms with Crippen LogP contribution in [0.3, 0.4) is 0 Å². The summed E-state index contributed by atoms with van der Waals surface area (Å²) in [6, 6.07) is 2.13. The van der Waals surface area contributed by atoms with Gasteiger partial charge in [0.15, 0.2) is 5.96 Å². The lowest BCUT2D eigenvalue weighted by atomic mass is 10.1. The highest BCUT2D eigenvalue weighted by molar-refractivity contribution is 7.10. The Kier molecular flexibility index (Phi) is 8.25. The maximum absolute atomic E-state index is 12.5. The van der Waals surface area contributed by atoms with Crippen LogP contribution in [0.4, 0.5) is 0 Å². The zero-order chi connectivity index (χ0) is 18.1. The molecule has 1 aliphatic rings. The van der Waals surface area contributed by atoms with Crippen LogP contribution in [0.15, 0.2) is 16.4 Å². The van der Waals surface area contributed by atoms with Crippen molar-refractivity contribution in [3.05, 3.63) is 21.9 Å². The van der Waals surface area contributed by atoms with Gasteiger partial charge in [-0.25, -0.2) is 4.99 Å². The number of unbranched alkanes of at least 4 members (excludes halogenated alkanes) is 1. The van der Waals surface area contributed by atoms with Crippen LogP contribution in [0.1, 0.15) is 50.5 Å². The SMILES string of the molecule is CCNC(=NCC(=O)N1CCc2sccc2C1)NCCCCC(C)C. The molecular formula is C19H32N4OS. The molecule has 2 heterocycles. The zero-order valence-electron chi connectivity index (χ0n) is 15.8. The quantitative estimate of drug-likeness (QED) is 0.423. The topological polar surface area (TPSA) is 56.7 Å². The fourth-order valence-corrected chi connectivity index (χ4v) is 3.82. The number of fused-ring (bicyclic) bond motifs is 1. The van der Waals surface area contributed by atoms with E-state index >= 15 is 0 Å². The van der Waals surface area contributed by atoms with Crippen molar-refractivity contribution in [2.24, 2.45) is 10.9 Å². The van der Waals surface area contributed by atoms with Crippen molar-refractivity contribution in [1.29, 1.82) is 0 Å². The van der Waals surface area contributed by atoms with Crippen LogP contribution in [-0.4, -0.2) is 42.9 Å². The van der Waals surface area contributed by atoms with E-state index < -0.39 is 0 Å².